The molecule has 0 saturated carbocycles. The van der Waals surface area contributed by atoms with E-state index in [1.54, 1.807) is 30.0 Å². The van der Waals surface area contributed by atoms with Gasteiger partial charge >= 0.3 is 0 Å². The summed E-state index contributed by atoms with van der Waals surface area (Å²) in [5.74, 6) is -1.46. The van der Waals surface area contributed by atoms with Crippen LogP contribution < -0.4 is 0 Å². The molecular formula is C23H27Cl2N3O3S. The van der Waals surface area contributed by atoms with E-state index >= 15 is 0 Å². The Morgan fingerprint density at radius 1 is 1.22 bits per heavy atom. The zero-order chi connectivity index (χ0) is 23.6. The Morgan fingerprint density at radius 2 is 1.91 bits per heavy atom. The summed E-state index contributed by atoms with van der Waals surface area (Å²) in [7, 11) is 0. The lowest BCUT2D eigenvalue weighted by molar-refractivity contribution is -0.129. The number of ketones is 1. The number of aliphatic hydroxyl groups is 1. The molecule has 2 aromatic rings. The minimum Gasteiger partial charge on any atom is -0.503 e. The molecule has 6 nitrogen and oxygen atoms in total. The van der Waals surface area contributed by atoms with Crippen molar-refractivity contribution in [3.8, 4) is 0 Å². The number of aromatic nitrogens is 1. The largest absolute Gasteiger partial charge is 0.503 e. The predicted octanol–water partition coefficient (Wildman–Crippen LogP) is 5.38. The van der Waals surface area contributed by atoms with Crippen molar-refractivity contribution in [3.63, 3.8) is 0 Å². The molecule has 2 heterocycles. The summed E-state index contributed by atoms with van der Waals surface area (Å²) in [6.07, 6.45) is 0.707. The quantitative estimate of drug-likeness (QED) is 0.472. The van der Waals surface area contributed by atoms with E-state index in [1.807, 2.05) is 6.92 Å². The summed E-state index contributed by atoms with van der Waals surface area (Å²) in [6.45, 7) is 10.8. The lowest BCUT2D eigenvalue weighted by Gasteiger charge is -2.28. The van der Waals surface area contributed by atoms with E-state index in [0.29, 0.717) is 39.1 Å². The Balaban J connectivity index is 2.01. The van der Waals surface area contributed by atoms with E-state index in [1.165, 1.54) is 11.3 Å². The van der Waals surface area contributed by atoms with Gasteiger partial charge in [0, 0.05) is 6.54 Å². The van der Waals surface area contributed by atoms with E-state index < -0.39 is 17.7 Å². The van der Waals surface area contributed by atoms with Crippen LogP contribution in [0.1, 0.15) is 52.2 Å². The van der Waals surface area contributed by atoms with Gasteiger partial charge in [0.1, 0.15) is 0 Å². The first kappa shape index (κ1) is 24.7. The number of Topliss-reactive ketones (excluding diaryl/α,β-unsaturated/α-hetero) is 1. The molecule has 0 radical (unpaired) electrons. The molecular weight excluding hydrogens is 469 g/mol. The molecule has 1 aliphatic heterocycles. The molecule has 0 spiro atoms. The molecule has 0 bridgehead atoms. The van der Waals surface area contributed by atoms with Crippen molar-refractivity contribution in [2.24, 2.45) is 0 Å². The number of hydrogen-bond acceptors (Lipinski definition) is 6. The number of aryl methyl sites for hydroxylation is 2. The van der Waals surface area contributed by atoms with Crippen molar-refractivity contribution in [3.05, 3.63) is 60.7 Å². The van der Waals surface area contributed by atoms with Gasteiger partial charge in [0.15, 0.2) is 5.76 Å². The molecule has 1 amide bonds. The maximum Gasteiger partial charge on any atom is 0.290 e. The first-order valence-corrected chi connectivity index (χ1v) is 12.2. The Labute approximate surface area is 202 Å². The van der Waals surface area contributed by atoms with Gasteiger partial charge < -0.3 is 14.9 Å². The van der Waals surface area contributed by atoms with Crippen LogP contribution in [0.2, 0.25) is 10.0 Å². The molecule has 1 aromatic carbocycles. The first-order chi connectivity index (χ1) is 15.2. The van der Waals surface area contributed by atoms with Gasteiger partial charge in [-0.2, -0.15) is 0 Å². The topological polar surface area (TPSA) is 73.7 Å². The van der Waals surface area contributed by atoms with Crippen molar-refractivity contribution >= 4 is 46.2 Å². The van der Waals surface area contributed by atoms with Crippen LogP contribution in [0, 0.1) is 13.8 Å². The number of carbonyl (C=O) groups excluding carboxylic acids is 2. The van der Waals surface area contributed by atoms with E-state index in [-0.39, 0.29) is 11.4 Å². The number of halogens is 2. The molecule has 172 valence electrons. The van der Waals surface area contributed by atoms with E-state index in [2.05, 4.69) is 23.7 Å². The Hall–Kier alpha value is -1.93. The van der Waals surface area contributed by atoms with Crippen LogP contribution in [0.4, 0.5) is 0 Å². The van der Waals surface area contributed by atoms with Gasteiger partial charge in [-0.25, -0.2) is 4.98 Å². The van der Waals surface area contributed by atoms with Crippen LogP contribution in [-0.2, 0) is 4.79 Å². The molecule has 1 atom stereocenters. The fourth-order valence-electron chi connectivity index (χ4n) is 4.01. The van der Waals surface area contributed by atoms with Crippen LogP contribution in [-0.4, -0.2) is 57.8 Å². The van der Waals surface area contributed by atoms with E-state index in [9.17, 15) is 14.7 Å². The summed E-state index contributed by atoms with van der Waals surface area (Å²) in [5.41, 5.74) is 1.27. The molecule has 32 heavy (non-hydrogen) atoms. The summed E-state index contributed by atoms with van der Waals surface area (Å²) in [4.78, 5) is 35.1. The average Bonchev–Trinajstić information content (AvgIpc) is 3.23. The average molecular weight is 496 g/mol. The number of hydrogen-bond donors (Lipinski definition) is 1. The number of amides is 1. The van der Waals surface area contributed by atoms with Crippen LogP contribution in [0.5, 0.6) is 0 Å². The smallest absolute Gasteiger partial charge is 0.290 e. The molecule has 0 aliphatic carbocycles. The fourth-order valence-corrected chi connectivity index (χ4v) is 5.19. The minimum absolute atomic E-state index is 0.0583. The van der Waals surface area contributed by atoms with E-state index in [4.69, 9.17) is 23.2 Å². The van der Waals surface area contributed by atoms with Crippen molar-refractivity contribution in [1.29, 1.82) is 0 Å². The van der Waals surface area contributed by atoms with Gasteiger partial charge in [-0.3, -0.25) is 9.59 Å². The fraction of sp³-hybridized carbons (Fsp3) is 0.435. The van der Waals surface area contributed by atoms with Crippen LogP contribution >= 0.6 is 34.5 Å². The third-order valence-electron chi connectivity index (χ3n) is 5.69. The monoisotopic (exact) mass is 495 g/mol. The van der Waals surface area contributed by atoms with E-state index in [0.717, 1.165) is 24.6 Å². The number of carbonyl (C=O) groups is 2. The highest BCUT2D eigenvalue weighted by Crippen LogP contribution is 2.41. The molecule has 3 rings (SSSR count). The highest BCUT2D eigenvalue weighted by molar-refractivity contribution is 7.14. The number of aliphatic hydroxyl groups excluding tert-OH is 1. The third kappa shape index (κ3) is 4.86. The minimum atomic E-state index is -0.747. The highest BCUT2D eigenvalue weighted by atomic mass is 35.5. The van der Waals surface area contributed by atoms with Crippen molar-refractivity contribution in [2.75, 3.05) is 26.2 Å². The van der Waals surface area contributed by atoms with Crippen molar-refractivity contribution in [2.45, 2.75) is 40.2 Å². The second kappa shape index (κ2) is 10.3. The van der Waals surface area contributed by atoms with Gasteiger partial charge in [-0.05, 0) is 57.6 Å². The molecule has 1 N–H and O–H groups in total. The molecule has 0 fully saturated rings. The molecule has 1 aliphatic rings. The molecule has 0 saturated heterocycles. The van der Waals surface area contributed by atoms with Gasteiger partial charge in [-0.1, -0.05) is 43.1 Å². The van der Waals surface area contributed by atoms with Gasteiger partial charge in [0.25, 0.3) is 5.91 Å². The summed E-state index contributed by atoms with van der Waals surface area (Å²) in [5, 5.41) is 12.2. The Kier molecular flexibility index (Phi) is 7.98. The van der Waals surface area contributed by atoms with Gasteiger partial charge in [-0.15, -0.1) is 11.3 Å². The second-order valence-electron chi connectivity index (χ2n) is 7.69. The predicted molar refractivity (Wildman–Crippen MR) is 129 cm³/mol. The maximum atomic E-state index is 13.5. The summed E-state index contributed by atoms with van der Waals surface area (Å²) < 4.78 is 0. The first-order valence-electron chi connectivity index (χ1n) is 10.6. The third-order valence-corrected chi connectivity index (χ3v) is 7.50. The number of thiazole rings is 1. The van der Waals surface area contributed by atoms with Crippen LogP contribution in [0.25, 0.3) is 0 Å². The molecule has 1 unspecified atom stereocenters. The van der Waals surface area contributed by atoms with Gasteiger partial charge in [0.05, 0.1) is 37.2 Å². The normalized spacial score (nSPS) is 16.5. The van der Waals surface area contributed by atoms with Crippen LogP contribution in [0.3, 0.4) is 0 Å². The molecule has 1 aromatic heterocycles. The van der Waals surface area contributed by atoms with Crippen molar-refractivity contribution in [1.82, 2.24) is 14.8 Å². The SMILES string of the molecule is CCN(CC)CCCN1C(=O)C(O)=C(C(=O)c2sc(C)nc2C)C1c1ccc(Cl)c(Cl)c1. The van der Waals surface area contributed by atoms with Crippen LogP contribution in [0.15, 0.2) is 29.5 Å². The summed E-state index contributed by atoms with van der Waals surface area (Å²) >= 11 is 13.6. The lowest BCUT2D eigenvalue weighted by atomic mass is 9.95. The Morgan fingerprint density at radius 3 is 2.47 bits per heavy atom. The second-order valence-corrected chi connectivity index (χ2v) is 9.71. The number of nitrogens with zero attached hydrogens (tertiary/aromatic N) is 3. The Bertz CT molecular complexity index is 1060. The van der Waals surface area contributed by atoms with Crippen molar-refractivity contribution < 1.29 is 14.7 Å². The highest BCUT2D eigenvalue weighted by Gasteiger charge is 2.44. The molecule has 9 heteroatoms. The lowest BCUT2D eigenvalue weighted by Crippen LogP contribution is -2.34. The van der Waals surface area contributed by atoms with Gasteiger partial charge in [0.2, 0.25) is 5.78 Å². The zero-order valence-electron chi connectivity index (χ0n) is 18.6. The number of benzene rings is 1. The number of rotatable bonds is 9. The zero-order valence-corrected chi connectivity index (χ0v) is 20.9. The maximum absolute atomic E-state index is 13.5. The summed E-state index contributed by atoms with van der Waals surface area (Å²) in [6, 6.07) is 4.27. The standard InChI is InChI=1S/C23H27Cl2N3O3S/c1-5-27(6-2)10-7-11-28-19(15-8-9-16(24)17(25)12-15)18(21(30)23(28)31)20(29)22-13(3)26-14(4)32-22/h8-9,12,19,30H,5-7,10-11H2,1-4H3.